The van der Waals surface area contributed by atoms with Gasteiger partial charge in [-0.25, -0.2) is 13.8 Å². The topological polar surface area (TPSA) is 67.6 Å². The highest BCUT2D eigenvalue weighted by Crippen LogP contribution is 2.33. The number of aryl methyl sites for hydroxylation is 1. The van der Waals surface area contributed by atoms with Crippen molar-refractivity contribution >= 4 is 22.8 Å². The number of benzene rings is 1. The van der Waals surface area contributed by atoms with Crippen LogP contribution in [0.3, 0.4) is 0 Å². The van der Waals surface area contributed by atoms with E-state index in [0.717, 1.165) is 12.1 Å². The van der Waals surface area contributed by atoms with E-state index in [1.54, 1.807) is 6.92 Å². The summed E-state index contributed by atoms with van der Waals surface area (Å²) in [5.41, 5.74) is 0.820. The van der Waals surface area contributed by atoms with Crippen LogP contribution in [0.15, 0.2) is 21.8 Å². The number of H-pyrrole nitrogens is 1. The fraction of sp³-hybridized carbons (Fsp3) is 0.250. The average Bonchev–Trinajstić information content (AvgIpc) is 2.96. The van der Waals surface area contributed by atoms with Crippen molar-refractivity contribution in [1.82, 2.24) is 20.1 Å². The third kappa shape index (κ3) is 2.38. The molecular formula is C12H10F2N4OS. The number of aromatic amines is 1. The molecule has 2 aromatic heterocycles. The van der Waals surface area contributed by atoms with Crippen molar-refractivity contribution in [1.29, 1.82) is 0 Å². The lowest BCUT2D eigenvalue weighted by molar-refractivity contribution is 0.376. The molecule has 8 heteroatoms. The Labute approximate surface area is 116 Å². The Balaban J connectivity index is 1.87. The van der Waals surface area contributed by atoms with Gasteiger partial charge in [0.05, 0.1) is 16.3 Å². The summed E-state index contributed by atoms with van der Waals surface area (Å²) in [4.78, 5) is 11.3. The average molecular weight is 296 g/mol. The largest absolute Gasteiger partial charge is 0.338 e. The van der Waals surface area contributed by atoms with Crippen LogP contribution >= 0.6 is 11.8 Å². The molecule has 0 aliphatic carbocycles. The highest BCUT2D eigenvalue weighted by atomic mass is 32.2. The van der Waals surface area contributed by atoms with Gasteiger partial charge in [-0.2, -0.15) is 4.98 Å². The minimum Gasteiger partial charge on any atom is -0.338 e. The van der Waals surface area contributed by atoms with Gasteiger partial charge in [0.25, 0.3) is 0 Å². The fourth-order valence-electron chi connectivity index (χ4n) is 1.73. The Morgan fingerprint density at radius 1 is 1.25 bits per heavy atom. The van der Waals surface area contributed by atoms with Crippen LogP contribution in [0.25, 0.3) is 11.0 Å². The minimum atomic E-state index is -0.916. The van der Waals surface area contributed by atoms with E-state index in [-0.39, 0.29) is 5.25 Å². The molecule has 1 atom stereocenters. The van der Waals surface area contributed by atoms with Gasteiger partial charge in [-0.3, -0.25) is 0 Å². The summed E-state index contributed by atoms with van der Waals surface area (Å²) in [5.74, 6) is -0.786. The van der Waals surface area contributed by atoms with Gasteiger partial charge in [-0.05, 0) is 13.8 Å². The molecule has 1 unspecified atom stereocenters. The van der Waals surface area contributed by atoms with Gasteiger partial charge in [0, 0.05) is 12.1 Å². The van der Waals surface area contributed by atoms with Crippen molar-refractivity contribution in [3.63, 3.8) is 0 Å². The smallest absolute Gasteiger partial charge is 0.239 e. The zero-order chi connectivity index (χ0) is 14.3. The predicted molar refractivity (Wildman–Crippen MR) is 69.3 cm³/mol. The molecule has 0 radical (unpaired) electrons. The summed E-state index contributed by atoms with van der Waals surface area (Å²) >= 11 is 1.34. The van der Waals surface area contributed by atoms with Crippen LogP contribution in [0.4, 0.5) is 8.78 Å². The van der Waals surface area contributed by atoms with Crippen molar-refractivity contribution < 1.29 is 13.3 Å². The zero-order valence-corrected chi connectivity index (χ0v) is 11.5. The number of thioether (sulfide) groups is 1. The van der Waals surface area contributed by atoms with Crippen LogP contribution in [-0.4, -0.2) is 20.1 Å². The standard InChI is InChI=1S/C12H10F2N4OS/c1-5(11-15-6(2)18-19-11)20-12-16-9-3-7(13)8(14)4-10(9)17-12/h3-5H,1-2H3,(H,16,17). The third-order valence-corrected chi connectivity index (χ3v) is 3.65. The molecule has 0 aliphatic heterocycles. The molecule has 1 aromatic carbocycles. The summed E-state index contributed by atoms with van der Waals surface area (Å²) < 4.78 is 31.3. The lowest BCUT2D eigenvalue weighted by Gasteiger charge is -2.01. The number of hydrogen-bond acceptors (Lipinski definition) is 5. The van der Waals surface area contributed by atoms with E-state index in [1.807, 2.05) is 6.92 Å². The lowest BCUT2D eigenvalue weighted by Crippen LogP contribution is -1.89. The second kappa shape index (κ2) is 4.86. The molecule has 5 nitrogen and oxygen atoms in total. The van der Waals surface area contributed by atoms with Crippen LogP contribution in [0, 0.1) is 18.6 Å². The monoisotopic (exact) mass is 296 g/mol. The summed E-state index contributed by atoms with van der Waals surface area (Å²) in [6, 6.07) is 2.15. The highest BCUT2D eigenvalue weighted by Gasteiger charge is 2.17. The van der Waals surface area contributed by atoms with E-state index in [4.69, 9.17) is 4.52 Å². The van der Waals surface area contributed by atoms with E-state index in [0.29, 0.717) is 27.9 Å². The van der Waals surface area contributed by atoms with Crippen LogP contribution < -0.4 is 0 Å². The normalized spacial score (nSPS) is 13.0. The molecule has 0 saturated heterocycles. The molecular weight excluding hydrogens is 286 g/mol. The summed E-state index contributed by atoms with van der Waals surface area (Å²) in [5, 5.41) is 4.13. The van der Waals surface area contributed by atoms with Crippen molar-refractivity contribution in [3.05, 3.63) is 35.5 Å². The molecule has 0 amide bonds. The van der Waals surface area contributed by atoms with Gasteiger partial charge < -0.3 is 9.51 Å². The summed E-state index contributed by atoms with van der Waals surface area (Å²) in [7, 11) is 0. The molecule has 3 rings (SSSR count). The summed E-state index contributed by atoms with van der Waals surface area (Å²) in [6.07, 6.45) is 0. The maximum atomic E-state index is 13.1. The first-order valence-electron chi connectivity index (χ1n) is 5.84. The van der Waals surface area contributed by atoms with Gasteiger partial charge in [0.2, 0.25) is 5.89 Å². The van der Waals surface area contributed by atoms with Gasteiger partial charge >= 0.3 is 0 Å². The maximum absolute atomic E-state index is 13.1. The van der Waals surface area contributed by atoms with Crippen molar-refractivity contribution in [2.24, 2.45) is 0 Å². The quantitative estimate of drug-likeness (QED) is 0.750. The number of hydrogen-bond donors (Lipinski definition) is 1. The Kier molecular flexibility index (Phi) is 3.17. The van der Waals surface area contributed by atoms with E-state index >= 15 is 0 Å². The zero-order valence-electron chi connectivity index (χ0n) is 10.6. The van der Waals surface area contributed by atoms with E-state index in [9.17, 15) is 8.78 Å². The van der Waals surface area contributed by atoms with Crippen LogP contribution in [0.5, 0.6) is 0 Å². The number of halogens is 2. The molecule has 0 fully saturated rings. The second-order valence-corrected chi connectivity index (χ2v) is 5.59. The summed E-state index contributed by atoms with van der Waals surface area (Å²) in [6.45, 7) is 3.61. The number of imidazole rings is 1. The number of aromatic nitrogens is 4. The fourth-order valence-corrected chi connectivity index (χ4v) is 2.58. The first-order valence-corrected chi connectivity index (χ1v) is 6.72. The molecule has 104 valence electrons. The van der Waals surface area contributed by atoms with Crippen LogP contribution in [0.1, 0.15) is 23.9 Å². The van der Waals surface area contributed by atoms with E-state index in [2.05, 4.69) is 20.1 Å². The molecule has 0 aliphatic rings. The van der Waals surface area contributed by atoms with Crippen molar-refractivity contribution in [2.45, 2.75) is 24.3 Å². The Morgan fingerprint density at radius 3 is 2.70 bits per heavy atom. The molecule has 1 N–H and O–H groups in total. The van der Waals surface area contributed by atoms with Gasteiger partial charge in [-0.15, -0.1) is 0 Å². The van der Waals surface area contributed by atoms with Crippen LogP contribution in [0.2, 0.25) is 0 Å². The Morgan fingerprint density at radius 2 is 2.00 bits per heavy atom. The SMILES string of the molecule is Cc1noc(C(C)Sc2nc3cc(F)c(F)cc3[nH]2)n1. The third-order valence-electron chi connectivity index (χ3n) is 2.68. The number of nitrogens with zero attached hydrogens (tertiary/aromatic N) is 3. The number of rotatable bonds is 3. The first-order chi connectivity index (χ1) is 9.52. The minimum absolute atomic E-state index is 0.119. The predicted octanol–water partition coefficient (Wildman–Crippen LogP) is 3.39. The number of fused-ring (bicyclic) bond motifs is 1. The Bertz CT molecular complexity index is 731. The highest BCUT2D eigenvalue weighted by molar-refractivity contribution is 7.99. The molecule has 0 bridgehead atoms. The second-order valence-electron chi connectivity index (χ2n) is 4.27. The molecule has 3 aromatic rings. The molecule has 20 heavy (non-hydrogen) atoms. The van der Waals surface area contributed by atoms with Crippen molar-refractivity contribution in [3.8, 4) is 0 Å². The molecule has 0 saturated carbocycles. The molecule has 2 heterocycles. The van der Waals surface area contributed by atoms with Gasteiger partial charge in [0.15, 0.2) is 22.6 Å². The van der Waals surface area contributed by atoms with Gasteiger partial charge in [0.1, 0.15) is 0 Å². The number of nitrogens with one attached hydrogen (secondary N) is 1. The first kappa shape index (κ1) is 13.0. The molecule has 0 spiro atoms. The lowest BCUT2D eigenvalue weighted by atomic mass is 10.3. The van der Waals surface area contributed by atoms with E-state index < -0.39 is 11.6 Å². The van der Waals surface area contributed by atoms with Crippen LogP contribution in [-0.2, 0) is 0 Å². The Hall–Kier alpha value is -1.96. The van der Waals surface area contributed by atoms with Crippen molar-refractivity contribution in [2.75, 3.05) is 0 Å². The maximum Gasteiger partial charge on any atom is 0.239 e. The van der Waals surface area contributed by atoms with E-state index in [1.165, 1.54) is 11.8 Å². The van der Waals surface area contributed by atoms with Gasteiger partial charge in [-0.1, -0.05) is 16.9 Å².